The molecule has 7 heteroatoms. The third-order valence-electron chi connectivity index (χ3n) is 4.75. The van der Waals surface area contributed by atoms with Gasteiger partial charge in [-0.15, -0.1) is 0 Å². The van der Waals surface area contributed by atoms with Crippen LogP contribution in [0.2, 0.25) is 0 Å². The van der Waals surface area contributed by atoms with Gasteiger partial charge in [-0.2, -0.15) is 5.10 Å². The molecule has 2 aromatic heterocycles. The van der Waals surface area contributed by atoms with Gasteiger partial charge in [0.15, 0.2) is 0 Å². The number of carbonyl (C=O) groups excluding carboxylic acids is 1. The lowest BCUT2D eigenvalue weighted by molar-refractivity contribution is -0.121. The molecule has 4 rings (SSSR count). The highest BCUT2D eigenvalue weighted by Crippen LogP contribution is 2.22. The monoisotopic (exact) mass is 412 g/mol. The maximum Gasteiger partial charge on any atom is 0.260 e. The highest BCUT2D eigenvalue weighted by molar-refractivity contribution is 5.85. The lowest BCUT2D eigenvalue weighted by Crippen LogP contribution is -2.31. The Kier molecular flexibility index (Phi) is 5.84. The van der Waals surface area contributed by atoms with E-state index in [4.69, 9.17) is 4.74 Å². The summed E-state index contributed by atoms with van der Waals surface area (Å²) in [6.07, 6.45) is 3.14. The number of benzene rings is 2. The second kappa shape index (κ2) is 9.04. The predicted molar refractivity (Wildman–Crippen MR) is 120 cm³/mol. The fraction of sp³-hybridized carbons (Fsp3) is 0.0833. The van der Waals surface area contributed by atoms with Crippen molar-refractivity contribution in [1.29, 1.82) is 0 Å². The summed E-state index contributed by atoms with van der Waals surface area (Å²) >= 11 is 0. The van der Waals surface area contributed by atoms with Crippen molar-refractivity contribution in [3.05, 3.63) is 94.9 Å². The molecule has 0 aliphatic rings. The van der Waals surface area contributed by atoms with Crippen LogP contribution in [0.4, 0.5) is 0 Å². The number of nitrogens with one attached hydrogen (secondary N) is 1. The van der Waals surface area contributed by atoms with Crippen LogP contribution in [0.5, 0.6) is 5.75 Å². The van der Waals surface area contributed by atoms with Gasteiger partial charge in [0.2, 0.25) is 0 Å². The predicted octanol–water partition coefficient (Wildman–Crippen LogP) is 3.22. The van der Waals surface area contributed by atoms with Crippen LogP contribution < -0.4 is 15.7 Å². The normalized spacial score (nSPS) is 11.0. The van der Waals surface area contributed by atoms with E-state index in [1.807, 2.05) is 48.5 Å². The second-order valence-corrected chi connectivity index (χ2v) is 6.80. The Morgan fingerprint density at radius 3 is 2.61 bits per heavy atom. The van der Waals surface area contributed by atoms with E-state index in [1.165, 1.54) is 4.57 Å². The Hall–Kier alpha value is -4.26. The third kappa shape index (κ3) is 4.51. The van der Waals surface area contributed by atoms with E-state index in [-0.39, 0.29) is 12.1 Å². The van der Waals surface area contributed by atoms with Gasteiger partial charge in [-0.1, -0.05) is 42.5 Å². The zero-order valence-corrected chi connectivity index (χ0v) is 16.9. The van der Waals surface area contributed by atoms with Gasteiger partial charge in [0.1, 0.15) is 17.9 Å². The van der Waals surface area contributed by atoms with Gasteiger partial charge in [0, 0.05) is 17.1 Å². The average Bonchev–Trinajstić information content (AvgIpc) is 2.81. The topological polar surface area (TPSA) is 85.6 Å². The summed E-state index contributed by atoms with van der Waals surface area (Å²) in [5, 5.41) is 4.73. The molecule has 0 spiro atoms. The Bertz CT molecular complexity index is 1300. The molecule has 1 amide bonds. The minimum Gasteiger partial charge on any atom is -0.497 e. The van der Waals surface area contributed by atoms with Gasteiger partial charge in [0.25, 0.3) is 11.5 Å². The van der Waals surface area contributed by atoms with Crippen molar-refractivity contribution >= 4 is 23.2 Å². The molecule has 2 heterocycles. The first-order chi connectivity index (χ1) is 15.2. The fourth-order valence-corrected chi connectivity index (χ4v) is 3.23. The van der Waals surface area contributed by atoms with Crippen molar-refractivity contribution in [3.63, 3.8) is 0 Å². The van der Waals surface area contributed by atoms with E-state index < -0.39 is 5.91 Å². The minimum absolute atomic E-state index is 0.206. The van der Waals surface area contributed by atoms with Gasteiger partial charge >= 0.3 is 0 Å². The highest BCUT2D eigenvalue weighted by atomic mass is 16.5. The second-order valence-electron chi connectivity index (χ2n) is 6.80. The van der Waals surface area contributed by atoms with Crippen molar-refractivity contribution < 1.29 is 9.53 Å². The van der Waals surface area contributed by atoms with Crippen LogP contribution >= 0.6 is 0 Å². The number of amides is 1. The number of hydrazone groups is 1. The van der Waals surface area contributed by atoms with E-state index in [2.05, 4.69) is 15.5 Å². The Morgan fingerprint density at radius 1 is 1.10 bits per heavy atom. The van der Waals surface area contributed by atoms with Crippen molar-refractivity contribution in [3.8, 4) is 16.9 Å². The number of carbonyl (C=O) groups is 1. The Balaban J connectivity index is 1.66. The summed E-state index contributed by atoms with van der Waals surface area (Å²) < 4.78 is 6.56. The van der Waals surface area contributed by atoms with E-state index in [1.54, 1.807) is 43.8 Å². The third-order valence-corrected chi connectivity index (χ3v) is 4.75. The molecule has 1 N–H and O–H groups in total. The minimum atomic E-state index is -0.423. The zero-order chi connectivity index (χ0) is 21.6. The number of methoxy groups -OCH3 is 1. The van der Waals surface area contributed by atoms with Crippen molar-refractivity contribution in [1.82, 2.24) is 15.0 Å². The van der Waals surface area contributed by atoms with Crippen LogP contribution in [-0.4, -0.2) is 28.8 Å². The quantitative estimate of drug-likeness (QED) is 0.389. The number of nitrogens with zero attached hydrogens (tertiary/aromatic N) is 3. The van der Waals surface area contributed by atoms with Crippen LogP contribution in [0.3, 0.4) is 0 Å². The number of rotatable bonds is 6. The summed E-state index contributed by atoms with van der Waals surface area (Å²) in [4.78, 5) is 30.1. The molecule has 7 nitrogen and oxygen atoms in total. The molecule has 0 saturated heterocycles. The van der Waals surface area contributed by atoms with Gasteiger partial charge < -0.3 is 4.74 Å². The van der Waals surface area contributed by atoms with E-state index in [0.717, 1.165) is 16.5 Å². The zero-order valence-electron chi connectivity index (χ0n) is 16.9. The lowest BCUT2D eigenvalue weighted by Gasteiger charge is -2.12. The fourth-order valence-electron chi connectivity index (χ4n) is 3.23. The first kappa shape index (κ1) is 20.0. The molecule has 0 aliphatic heterocycles. The first-order valence-corrected chi connectivity index (χ1v) is 9.65. The summed E-state index contributed by atoms with van der Waals surface area (Å²) in [7, 11) is 1.59. The molecule has 154 valence electrons. The first-order valence-electron chi connectivity index (χ1n) is 9.65. The standard InChI is InChI=1S/C24H20N4O3/c1-31-20-11-9-18(10-12-20)21-14-19-8-5-13-25-23(19)28(24(21)30)16-22(29)27-26-15-17-6-3-2-4-7-17/h2-15H,16H2,1H3,(H,27,29)/b26-15+. The van der Waals surface area contributed by atoms with E-state index in [9.17, 15) is 9.59 Å². The van der Waals surface area contributed by atoms with Crippen LogP contribution in [0, 0.1) is 0 Å². The van der Waals surface area contributed by atoms with Crippen LogP contribution in [0.25, 0.3) is 22.2 Å². The molecule has 4 aromatic rings. The van der Waals surface area contributed by atoms with Gasteiger partial charge in [0.05, 0.1) is 13.3 Å². The molecular weight excluding hydrogens is 392 g/mol. The number of aromatic nitrogens is 2. The molecule has 31 heavy (non-hydrogen) atoms. The number of pyridine rings is 2. The largest absolute Gasteiger partial charge is 0.497 e. The van der Waals surface area contributed by atoms with Gasteiger partial charge in [-0.05, 0) is 41.5 Å². The molecule has 0 unspecified atom stereocenters. The van der Waals surface area contributed by atoms with Gasteiger partial charge in [-0.25, -0.2) is 10.4 Å². The number of hydrogen-bond donors (Lipinski definition) is 1. The molecular formula is C24H20N4O3. The van der Waals surface area contributed by atoms with E-state index >= 15 is 0 Å². The molecule has 0 fully saturated rings. The van der Waals surface area contributed by atoms with Crippen LogP contribution in [0.15, 0.2) is 88.9 Å². The lowest BCUT2D eigenvalue weighted by atomic mass is 10.1. The molecule has 2 aromatic carbocycles. The van der Waals surface area contributed by atoms with Gasteiger partial charge in [-0.3, -0.25) is 14.2 Å². The average molecular weight is 412 g/mol. The maximum atomic E-state index is 13.2. The van der Waals surface area contributed by atoms with Crippen molar-refractivity contribution in [2.45, 2.75) is 6.54 Å². The summed E-state index contributed by atoms with van der Waals surface area (Å²) in [5.41, 5.74) is 4.66. The summed E-state index contributed by atoms with van der Waals surface area (Å²) in [6, 6.07) is 22.0. The molecule has 0 aliphatic carbocycles. The number of fused-ring (bicyclic) bond motifs is 1. The molecule has 0 saturated carbocycles. The SMILES string of the molecule is COc1ccc(-c2cc3cccnc3n(CC(=O)N/N=C/c3ccccc3)c2=O)cc1. The molecule has 0 bridgehead atoms. The number of hydrogen-bond acceptors (Lipinski definition) is 5. The summed E-state index contributed by atoms with van der Waals surface area (Å²) in [6.45, 7) is -0.206. The molecule has 0 atom stereocenters. The van der Waals surface area contributed by atoms with Crippen molar-refractivity contribution in [2.24, 2.45) is 5.10 Å². The smallest absolute Gasteiger partial charge is 0.260 e. The number of ether oxygens (including phenoxy) is 1. The van der Waals surface area contributed by atoms with Crippen LogP contribution in [-0.2, 0) is 11.3 Å². The summed E-state index contributed by atoms with van der Waals surface area (Å²) in [5.74, 6) is 0.273. The maximum absolute atomic E-state index is 13.2. The Labute approximate surface area is 178 Å². The van der Waals surface area contributed by atoms with Crippen molar-refractivity contribution in [2.75, 3.05) is 7.11 Å². The Morgan fingerprint density at radius 2 is 1.87 bits per heavy atom. The van der Waals surface area contributed by atoms with E-state index in [0.29, 0.717) is 17.0 Å². The highest BCUT2D eigenvalue weighted by Gasteiger charge is 2.14. The van der Waals surface area contributed by atoms with Crippen LogP contribution in [0.1, 0.15) is 5.56 Å². The molecule has 0 radical (unpaired) electrons.